The Morgan fingerprint density at radius 3 is 2.90 bits per heavy atom. The molecule has 5 nitrogen and oxygen atoms in total. The SMILES string of the molecule is O=C(O)c1ccc(NC2CCOc3ccccc32)nc1. The highest BCUT2D eigenvalue weighted by Gasteiger charge is 2.21. The molecule has 0 aliphatic carbocycles. The third kappa shape index (κ3) is 2.42. The number of hydrogen-bond donors (Lipinski definition) is 2. The Morgan fingerprint density at radius 1 is 1.30 bits per heavy atom. The van der Waals surface area contributed by atoms with Crippen molar-refractivity contribution in [2.45, 2.75) is 12.5 Å². The van der Waals surface area contributed by atoms with Crippen molar-refractivity contribution in [1.82, 2.24) is 4.98 Å². The Bertz CT molecular complexity index is 625. The number of para-hydroxylation sites is 1. The minimum atomic E-state index is -0.972. The number of fused-ring (bicyclic) bond motifs is 1. The van der Waals surface area contributed by atoms with Crippen molar-refractivity contribution in [3.8, 4) is 5.75 Å². The molecule has 1 aliphatic rings. The van der Waals surface area contributed by atoms with Gasteiger partial charge in [-0.1, -0.05) is 18.2 Å². The number of aromatic nitrogens is 1. The van der Waals surface area contributed by atoms with E-state index < -0.39 is 5.97 Å². The Kier molecular flexibility index (Phi) is 3.25. The van der Waals surface area contributed by atoms with E-state index in [2.05, 4.69) is 10.3 Å². The zero-order valence-corrected chi connectivity index (χ0v) is 10.7. The number of rotatable bonds is 3. The maximum absolute atomic E-state index is 10.8. The first-order valence-corrected chi connectivity index (χ1v) is 6.41. The summed E-state index contributed by atoms with van der Waals surface area (Å²) in [5.74, 6) is 0.579. The number of carbonyl (C=O) groups is 1. The molecular weight excluding hydrogens is 256 g/mol. The van der Waals surface area contributed by atoms with Crippen LogP contribution in [0.1, 0.15) is 28.4 Å². The van der Waals surface area contributed by atoms with E-state index >= 15 is 0 Å². The highest BCUT2D eigenvalue weighted by atomic mass is 16.5. The number of pyridine rings is 1. The molecule has 3 rings (SSSR count). The van der Waals surface area contributed by atoms with Crippen LogP contribution in [0, 0.1) is 0 Å². The van der Waals surface area contributed by atoms with Crippen LogP contribution in [0.25, 0.3) is 0 Å². The molecule has 0 saturated carbocycles. The minimum Gasteiger partial charge on any atom is -0.493 e. The van der Waals surface area contributed by atoms with Crippen molar-refractivity contribution in [2.24, 2.45) is 0 Å². The van der Waals surface area contributed by atoms with Crippen molar-refractivity contribution < 1.29 is 14.6 Å². The first-order valence-electron chi connectivity index (χ1n) is 6.41. The van der Waals surface area contributed by atoms with Gasteiger partial charge < -0.3 is 15.2 Å². The molecule has 2 aromatic rings. The molecule has 20 heavy (non-hydrogen) atoms. The molecule has 0 fully saturated rings. The van der Waals surface area contributed by atoms with E-state index in [9.17, 15) is 4.79 Å². The topological polar surface area (TPSA) is 71.5 Å². The normalized spacial score (nSPS) is 16.9. The molecule has 1 aromatic carbocycles. The van der Waals surface area contributed by atoms with Gasteiger partial charge in [0.1, 0.15) is 11.6 Å². The van der Waals surface area contributed by atoms with Crippen molar-refractivity contribution >= 4 is 11.8 Å². The molecule has 5 heteroatoms. The monoisotopic (exact) mass is 270 g/mol. The van der Waals surface area contributed by atoms with E-state index in [0.717, 1.165) is 17.7 Å². The predicted molar refractivity (Wildman–Crippen MR) is 74.1 cm³/mol. The number of carboxylic acid groups (broad SMARTS) is 1. The van der Waals surface area contributed by atoms with Gasteiger partial charge in [0.25, 0.3) is 0 Å². The molecule has 0 amide bonds. The van der Waals surface area contributed by atoms with Crippen LogP contribution in [0.3, 0.4) is 0 Å². The van der Waals surface area contributed by atoms with Crippen LogP contribution in [-0.4, -0.2) is 22.7 Å². The molecule has 1 aliphatic heterocycles. The maximum Gasteiger partial charge on any atom is 0.337 e. The van der Waals surface area contributed by atoms with Gasteiger partial charge in [-0.15, -0.1) is 0 Å². The van der Waals surface area contributed by atoms with Crippen LogP contribution in [0.4, 0.5) is 5.82 Å². The van der Waals surface area contributed by atoms with Crippen LogP contribution >= 0.6 is 0 Å². The van der Waals surface area contributed by atoms with Gasteiger partial charge in [0, 0.05) is 18.2 Å². The number of aromatic carboxylic acids is 1. The zero-order chi connectivity index (χ0) is 13.9. The smallest absolute Gasteiger partial charge is 0.337 e. The van der Waals surface area contributed by atoms with Crippen molar-refractivity contribution in [3.63, 3.8) is 0 Å². The fraction of sp³-hybridized carbons (Fsp3) is 0.200. The van der Waals surface area contributed by atoms with E-state index in [0.29, 0.717) is 12.4 Å². The van der Waals surface area contributed by atoms with Gasteiger partial charge in [-0.25, -0.2) is 9.78 Å². The van der Waals surface area contributed by atoms with Gasteiger partial charge in [0.15, 0.2) is 0 Å². The third-order valence-corrected chi connectivity index (χ3v) is 3.29. The van der Waals surface area contributed by atoms with Gasteiger partial charge in [-0.05, 0) is 18.2 Å². The van der Waals surface area contributed by atoms with Crippen LogP contribution in [0.2, 0.25) is 0 Å². The zero-order valence-electron chi connectivity index (χ0n) is 10.7. The Morgan fingerprint density at radius 2 is 2.15 bits per heavy atom. The highest BCUT2D eigenvalue weighted by Crippen LogP contribution is 2.33. The average Bonchev–Trinajstić information content (AvgIpc) is 2.48. The van der Waals surface area contributed by atoms with Crippen LogP contribution in [0.15, 0.2) is 42.6 Å². The second-order valence-corrected chi connectivity index (χ2v) is 4.61. The quantitative estimate of drug-likeness (QED) is 0.897. The van der Waals surface area contributed by atoms with Crippen LogP contribution < -0.4 is 10.1 Å². The van der Waals surface area contributed by atoms with Gasteiger partial charge >= 0.3 is 5.97 Å². The second-order valence-electron chi connectivity index (χ2n) is 4.61. The first-order chi connectivity index (χ1) is 9.74. The summed E-state index contributed by atoms with van der Waals surface area (Å²) in [5.41, 5.74) is 1.28. The summed E-state index contributed by atoms with van der Waals surface area (Å²) in [5, 5.41) is 12.2. The number of benzene rings is 1. The standard InChI is InChI=1S/C15H14N2O3/c18-15(19)10-5-6-14(16-9-10)17-12-7-8-20-13-4-2-1-3-11(12)13/h1-6,9,12H,7-8H2,(H,16,17)(H,18,19). The first kappa shape index (κ1) is 12.5. The molecule has 1 aromatic heterocycles. The summed E-state index contributed by atoms with van der Waals surface area (Å²) in [6, 6.07) is 11.2. The van der Waals surface area contributed by atoms with Crippen LogP contribution in [-0.2, 0) is 0 Å². The van der Waals surface area contributed by atoms with E-state index in [1.165, 1.54) is 6.20 Å². The number of anilines is 1. The lowest BCUT2D eigenvalue weighted by atomic mass is 10.0. The molecular formula is C15H14N2O3. The summed E-state index contributed by atoms with van der Waals surface area (Å²) in [6.07, 6.45) is 2.20. The van der Waals surface area contributed by atoms with Gasteiger partial charge in [-0.2, -0.15) is 0 Å². The van der Waals surface area contributed by atoms with Gasteiger partial charge in [0.2, 0.25) is 0 Å². The van der Waals surface area contributed by atoms with Crippen molar-refractivity contribution in [2.75, 3.05) is 11.9 Å². The summed E-state index contributed by atoms with van der Waals surface area (Å²) >= 11 is 0. The molecule has 2 heterocycles. The number of carboxylic acids is 1. The molecule has 1 unspecified atom stereocenters. The van der Waals surface area contributed by atoms with E-state index in [1.54, 1.807) is 12.1 Å². The second kappa shape index (κ2) is 5.21. The number of ether oxygens (including phenoxy) is 1. The lowest BCUT2D eigenvalue weighted by Crippen LogP contribution is -2.20. The molecule has 0 radical (unpaired) electrons. The number of nitrogens with zero attached hydrogens (tertiary/aromatic N) is 1. The van der Waals surface area contributed by atoms with E-state index in [1.807, 2.05) is 24.3 Å². The lowest BCUT2D eigenvalue weighted by molar-refractivity contribution is 0.0696. The average molecular weight is 270 g/mol. The maximum atomic E-state index is 10.8. The predicted octanol–water partition coefficient (Wildman–Crippen LogP) is 2.72. The van der Waals surface area contributed by atoms with Crippen molar-refractivity contribution in [3.05, 3.63) is 53.7 Å². The Labute approximate surface area is 116 Å². The van der Waals surface area contributed by atoms with E-state index in [4.69, 9.17) is 9.84 Å². The molecule has 0 saturated heterocycles. The largest absolute Gasteiger partial charge is 0.493 e. The minimum absolute atomic E-state index is 0.128. The summed E-state index contributed by atoms with van der Waals surface area (Å²) in [7, 11) is 0. The fourth-order valence-electron chi connectivity index (χ4n) is 2.28. The molecule has 2 N–H and O–H groups in total. The highest BCUT2D eigenvalue weighted by molar-refractivity contribution is 5.87. The lowest BCUT2D eigenvalue weighted by Gasteiger charge is -2.27. The summed E-state index contributed by atoms with van der Waals surface area (Å²) in [6.45, 7) is 0.655. The molecule has 0 bridgehead atoms. The fourth-order valence-corrected chi connectivity index (χ4v) is 2.28. The third-order valence-electron chi connectivity index (χ3n) is 3.29. The van der Waals surface area contributed by atoms with Crippen LogP contribution in [0.5, 0.6) is 5.75 Å². The summed E-state index contributed by atoms with van der Waals surface area (Å²) in [4.78, 5) is 14.9. The number of hydrogen-bond acceptors (Lipinski definition) is 4. The van der Waals surface area contributed by atoms with Gasteiger partial charge in [0.05, 0.1) is 18.2 Å². The molecule has 1 atom stereocenters. The molecule has 0 spiro atoms. The molecule has 102 valence electrons. The van der Waals surface area contributed by atoms with E-state index in [-0.39, 0.29) is 11.6 Å². The van der Waals surface area contributed by atoms with Gasteiger partial charge in [-0.3, -0.25) is 0 Å². The number of nitrogens with one attached hydrogen (secondary N) is 1. The summed E-state index contributed by atoms with van der Waals surface area (Å²) < 4.78 is 5.60. The Hall–Kier alpha value is -2.56. The Balaban J connectivity index is 1.80. The van der Waals surface area contributed by atoms with Crippen molar-refractivity contribution in [1.29, 1.82) is 0 Å².